The SMILES string of the molecule is CCCC(CC1=CCCC=C1)c1ccc2c3c([nH]c2c1)C(C)(C)c1cc(OCCN(CC)CC)ccc1C3=O. The van der Waals surface area contributed by atoms with Crippen LogP contribution < -0.4 is 4.74 Å². The number of benzene rings is 2. The van der Waals surface area contributed by atoms with E-state index in [-0.39, 0.29) is 11.2 Å². The van der Waals surface area contributed by atoms with Crippen LogP contribution in [-0.4, -0.2) is 41.9 Å². The van der Waals surface area contributed by atoms with Gasteiger partial charge in [0.1, 0.15) is 12.4 Å². The van der Waals surface area contributed by atoms with Gasteiger partial charge in [0.05, 0.1) is 5.56 Å². The third-order valence-corrected chi connectivity index (χ3v) is 8.82. The average Bonchev–Trinajstić information content (AvgIpc) is 3.35. The fourth-order valence-corrected chi connectivity index (χ4v) is 6.44. The maximum absolute atomic E-state index is 13.9. The van der Waals surface area contributed by atoms with Gasteiger partial charge < -0.3 is 14.6 Å². The molecule has 2 aliphatic carbocycles. The molecule has 0 aliphatic heterocycles. The highest BCUT2D eigenvalue weighted by molar-refractivity contribution is 6.20. The van der Waals surface area contributed by atoms with Gasteiger partial charge in [-0.15, -0.1) is 0 Å². The van der Waals surface area contributed by atoms with Crippen LogP contribution in [0.5, 0.6) is 5.75 Å². The monoisotopic (exact) mass is 524 g/mol. The van der Waals surface area contributed by atoms with E-state index in [9.17, 15) is 4.79 Å². The van der Waals surface area contributed by atoms with Gasteiger partial charge in [0.15, 0.2) is 5.78 Å². The molecule has 2 aliphatic rings. The molecule has 5 rings (SSSR count). The number of aromatic amines is 1. The standard InChI is InChI=1S/C35H44N2O2/c1-6-12-25(21-24-13-10-9-11-14-24)26-15-17-29-31(22-26)36-34-32(29)33(38)28-18-16-27(23-30(28)35(34,4)5)39-20-19-37(7-2)8-3/h10,13-18,22-23,25,36H,6-9,11-12,19-21H2,1-5H3. The number of carbonyl (C=O) groups excluding carboxylic acids is 1. The predicted molar refractivity (Wildman–Crippen MR) is 162 cm³/mol. The van der Waals surface area contributed by atoms with Gasteiger partial charge in [-0.2, -0.15) is 0 Å². The zero-order valence-corrected chi connectivity index (χ0v) is 24.4. The van der Waals surface area contributed by atoms with Crippen molar-refractivity contribution in [3.05, 3.63) is 88.1 Å². The zero-order valence-electron chi connectivity index (χ0n) is 24.4. The minimum atomic E-state index is -0.337. The fraction of sp³-hybridized carbons (Fsp3) is 0.457. The molecule has 0 fully saturated rings. The van der Waals surface area contributed by atoms with Gasteiger partial charge >= 0.3 is 0 Å². The van der Waals surface area contributed by atoms with Gasteiger partial charge in [0, 0.05) is 34.1 Å². The Labute approximate surface area is 234 Å². The molecule has 1 heterocycles. The molecule has 2 aromatic carbocycles. The van der Waals surface area contributed by atoms with Gasteiger partial charge in [-0.1, -0.05) is 77.0 Å². The van der Waals surface area contributed by atoms with E-state index in [2.05, 4.69) is 87.0 Å². The Morgan fingerprint density at radius 1 is 1.05 bits per heavy atom. The van der Waals surface area contributed by atoms with Crippen molar-refractivity contribution in [2.24, 2.45) is 0 Å². The Morgan fingerprint density at radius 3 is 2.59 bits per heavy atom. The first-order valence-corrected chi connectivity index (χ1v) is 14.9. The van der Waals surface area contributed by atoms with Crippen molar-refractivity contribution < 1.29 is 9.53 Å². The summed E-state index contributed by atoms with van der Waals surface area (Å²) in [6, 6.07) is 12.7. The Kier molecular flexibility index (Phi) is 8.13. The summed E-state index contributed by atoms with van der Waals surface area (Å²) >= 11 is 0. The molecule has 39 heavy (non-hydrogen) atoms. The lowest BCUT2D eigenvalue weighted by atomic mass is 9.71. The van der Waals surface area contributed by atoms with Crippen molar-refractivity contribution in [3.8, 4) is 5.75 Å². The number of ketones is 1. The number of hydrogen-bond donors (Lipinski definition) is 1. The van der Waals surface area contributed by atoms with E-state index in [1.165, 1.54) is 11.1 Å². The second-order valence-corrected chi connectivity index (χ2v) is 11.7. The molecule has 206 valence electrons. The molecular formula is C35H44N2O2. The summed E-state index contributed by atoms with van der Waals surface area (Å²) in [5.74, 6) is 1.42. The summed E-state index contributed by atoms with van der Waals surface area (Å²) in [5.41, 5.74) is 7.20. The molecule has 3 aromatic rings. The highest BCUT2D eigenvalue weighted by atomic mass is 16.5. The molecule has 0 radical (unpaired) electrons. The molecule has 1 aromatic heterocycles. The maximum Gasteiger partial charge on any atom is 0.195 e. The summed E-state index contributed by atoms with van der Waals surface area (Å²) in [7, 11) is 0. The number of nitrogens with zero attached hydrogens (tertiary/aromatic N) is 1. The molecule has 4 nitrogen and oxygen atoms in total. The van der Waals surface area contributed by atoms with E-state index in [1.54, 1.807) is 0 Å². The molecule has 0 amide bonds. The first-order chi connectivity index (χ1) is 18.9. The summed E-state index contributed by atoms with van der Waals surface area (Å²) in [6.07, 6.45) is 12.7. The summed E-state index contributed by atoms with van der Waals surface area (Å²) in [4.78, 5) is 19.9. The number of nitrogens with one attached hydrogen (secondary N) is 1. The smallest absolute Gasteiger partial charge is 0.195 e. The second-order valence-electron chi connectivity index (χ2n) is 11.7. The van der Waals surface area contributed by atoms with Gasteiger partial charge in [-0.05, 0) is 80.1 Å². The normalized spacial score (nSPS) is 16.8. The van der Waals surface area contributed by atoms with E-state index in [4.69, 9.17) is 4.74 Å². The molecule has 4 heteroatoms. The van der Waals surface area contributed by atoms with Crippen molar-refractivity contribution >= 4 is 16.7 Å². The van der Waals surface area contributed by atoms with Crippen molar-refractivity contribution in [1.29, 1.82) is 0 Å². The van der Waals surface area contributed by atoms with E-state index < -0.39 is 0 Å². The van der Waals surface area contributed by atoms with Crippen LogP contribution in [0.3, 0.4) is 0 Å². The van der Waals surface area contributed by atoms with Crippen molar-refractivity contribution in [2.75, 3.05) is 26.2 Å². The number of carbonyl (C=O) groups is 1. The third kappa shape index (κ3) is 5.36. The molecule has 1 atom stereocenters. The Morgan fingerprint density at radius 2 is 1.87 bits per heavy atom. The first kappa shape index (κ1) is 27.5. The van der Waals surface area contributed by atoms with Gasteiger partial charge in [0.2, 0.25) is 0 Å². The third-order valence-electron chi connectivity index (χ3n) is 8.82. The van der Waals surface area contributed by atoms with Crippen molar-refractivity contribution in [3.63, 3.8) is 0 Å². The first-order valence-electron chi connectivity index (χ1n) is 14.9. The van der Waals surface area contributed by atoms with Crippen LogP contribution in [0.1, 0.15) is 105 Å². The number of aromatic nitrogens is 1. The number of rotatable bonds is 11. The molecule has 0 saturated carbocycles. The lowest BCUT2D eigenvalue weighted by Crippen LogP contribution is -2.30. The van der Waals surface area contributed by atoms with Crippen LogP contribution in [0.15, 0.2) is 60.2 Å². The van der Waals surface area contributed by atoms with Crippen LogP contribution in [0.4, 0.5) is 0 Å². The van der Waals surface area contributed by atoms with E-state index >= 15 is 0 Å². The van der Waals surface area contributed by atoms with E-state index in [0.717, 1.165) is 90.8 Å². The minimum absolute atomic E-state index is 0.107. The van der Waals surface area contributed by atoms with Crippen molar-refractivity contribution in [1.82, 2.24) is 9.88 Å². The summed E-state index contributed by atoms with van der Waals surface area (Å²) in [5, 5.41) is 1.03. The second kappa shape index (κ2) is 11.6. The molecule has 0 bridgehead atoms. The Bertz CT molecular complexity index is 1400. The Balaban J connectivity index is 1.46. The lowest BCUT2D eigenvalue weighted by molar-refractivity contribution is 0.103. The molecule has 1 unspecified atom stereocenters. The molecular weight excluding hydrogens is 480 g/mol. The topological polar surface area (TPSA) is 45.3 Å². The maximum atomic E-state index is 13.9. The number of likely N-dealkylation sites (N-methyl/N-ethyl adjacent to an activating group) is 1. The minimum Gasteiger partial charge on any atom is -0.492 e. The average molecular weight is 525 g/mol. The number of ether oxygens (including phenoxy) is 1. The number of fused-ring (bicyclic) bond motifs is 4. The Hall–Kier alpha value is -3.11. The molecule has 0 spiro atoms. The zero-order chi connectivity index (χ0) is 27.6. The van der Waals surface area contributed by atoms with Crippen LogP contribution in [0.2, 0.25) is 0 Å². The molecule has 0 saturated heterocycles. The number of allylic oxidation sites excluding steroid dienone is 4. The lowest BCUT2D eigenvalue weighted by Gasteiger charge is -2.32. The van der Waals surface area contributed by atoms with Gasteiger partial charge in [-0.3, -0.25) is 4.79 Å². The van der Waals surface area contributed by atoms with Gasteiger partial charge in [0.25, 0.3) is 0 Å². The van der Waals surface area contributed by atoms with Crippen LogP contribution in [0.25, 0.3) is 10.9 Å². The molecule has 1 N–H and O–H groups in total. The van der Waals surface area contributed by atoms with E-state index in [1.807, 2.05) is 12.1 Å². The van der Waals surface area contributed by atoms with Crippen LogP contribution in [-0.2, 0) is 5.41 Å². The highest BCUT2D eigenvalue weighted by Crippen LogP contribution is 2.45. The summed E-state index contributed by atoms with van der Waals surface area (Å²) in [6.45, 7) is 14.6. The fourth-order valence-electron chi connectivity index (χ4n) is 6.44. The summed E-state index contributed by atoms with van der Waals surface area (Å²) < 4.78 is 6.14. The number of H-pyrrole nitrogens is 1. The highest BCUT2D eigenvalue weighted by Gasteiger charge is 2.40. The van der Waals surface area contributed by atoms with Crippen molar-refractivity contribution in [2.45, 2.75) is 78.1 Å². The largest absolute Gasteiger partial charge is 0.492 e. The van der Waals surface area contributed by atoms with Crippen LogP contribution >= 0.6 is 0 Å². The number of hydrogen-bond acceptors (Lipinski definition) is 3. The predicted octanol–water partition coefficient (Wildman–Crippen LogP) is 8.31. The van der Waals surface area contributed by atoms with E-state index in [0.29, 0.717) is 12.5 Å². The quantitative estimate of drug-likeness (QED) is 0.274. The van der Waals surface area contributed by atoms with Crippen LogP contribution in [0, 0.1) is 0 Å². The van der Waals surface area contributed by atoms with Gasteiger partial charge in [-0.25, -0.2) is 0 Å².